The van der Waals surface area contributed by atoms with Gasteiger partial charge in [0.25, 0.3) is 0 Å². The lowest BCUT2D eigenvalue weighted by Crippen LogP contribution is -1.74. The summed E-state index contributed by atoms with van der Waals surface area (Å²) < 4.78 is 0. The number of nitrogens with zero attached hydrogens (tertiary/aromatic N) is 1. The van der Waals surface area contributed by atoms with Crippen LogP contribution >= 0.6 is 0 Å². The van der Waals surface area contributed by atoms with E-state index in [-0.39, 0.29) is 0 Å². The maximum atomic E-state index is 4.05. The minimum absolute atomic E-state index is 0.984. The van der Waals surface area contributed by atoms with E-state index in [1.54, 1.807) is 6.20 Å². The summed E-state index contributed by atoms with van der Waals surface area (Å²) in [7, 11) is 0. The van der Waals surface area contributed by atoms with Crippen LogP contribution in [0.5, 0.6) is 0 Å². The van der Waals surface area contributed by atoms with E-state index in [1.807, 2.05) is 12.3 Å². The quantitative estimate of drug-likeness (QED) is 0.660. The first-order valence-corrected chi connectivity index (χ1v) is 4.52. The Balaban J connectivity index is 1.89. The third-order valence-electron chi connectivity index (χ3n) is 2.16. The van der Waals surface area contributed by atoms with Gasteiger partial charge in [-0.1, -0.05) is 18.2 Å². The Morgan fingerprint density at radius 1 is 1.50 bits per heavy atom. The van der Waals surface area contributed by atoms with Gasteiger partial charge in [0.15, 0.2) is 0 Å². The first kappa shape index (κ1) is 7.53. The molecule has 1 aliphatic carbocycles. The summed E-state index contributed by atoms with van der Waals surface area (Å²) in [6.07, 6.45) is 12.2. The van der Waals surface area contributed by atoms with Gasteiger partial charge in [0.2, 0.25) is 0 Å². The number of allylic oxidation sites excluding steroid dienone is 1. The second-order valence-electron chi connectivity index (χ2n) is 3.37. The predicted molar refractivity (Wildman–Crippen MR) is 50.6 cm³/mol. The van der Waals surface area contributed by atoms with Crippen molar-refractivity contribution < 1.29 is 0 Å². The molecule has 0 N–H and O–H groups in total. The van der Waals surface area contributed by atoms with E-state index in [2.05, 4.69) is 23.2 Å². The van der Waals surface area contributed by atoms with E-state index in [9.17, 15) is 0 Å². The molecule has 2 rings (SSSR count). The zero-order valence-corrected chi connectivity index (χ0v) is 7.11. The summed E-state index contributed by atoms with van der Waals surface area (Å²) in [5, 5.41) is 0. The van der Waals surface area contributed by atoms with Crippen LogP contribution in [-0.2, 0) is 0 Å². The Bertz CT molecular complexity index is 260. The fourth-order valence-electron chi connectivity index (χ4n) is 1.22. The third-order valence-corrected chi connectivity index (χ3v) is 2.16. The van der Waals surface area contributed by atoms with Crippen molar-refractivity contribution in [2.45, 2.75) is 19.3 Å². The van der Waals surface area contributed by atoms with Crippen molar-refractivity contribution in [1.82, 2.24) is 4.98 Å². The van der Waals surface area contributed by atoms with Crippen LogP contribution in [0.1, 0.15) is 24.8 Å². The molecule has 1 aromatic rings. The molecule has 0 radical (unpaired) electrons. The van der Waals surface area contributed by atoms with Crippen LogP contribution in [0, 0.1) is 5.92 Å². The molecule has 1 aromatic heterocycles. The number of aromatic nitrogens is 1. The van der Waals surface area contributed by atoms with Crippen molar-refractivity contribution >= 4 is 6.08 Å². The standard InChI is InChI=1S/C11H13N/c1(3-10-6-7-10)4-11-5-2-8-12-9-11/h1-2,4-5,8-10H,3,6-7H2. The molecule has 1 saturated carbocycles. The van der Waals surface area contributed by atoms with Gasteiger partial charge < -0.3 is 0 Å². The molecule has 1 heterocycles. The molecule has 0 atom stereocenters. The molecule has 1 aliphatic rings. The zero-order valence-electron chi connectivity index (χ0n) is 7.11. The second-order valence-corrected chi connectivity index (χ2v) is 3.37. The molecule has 0 saturated heterocycles. The number of rotatable bonds is 3. The van der Waals surface area contributed by atoms with Crippen molar-refractivity contribution in [3.8, 4) is 0 Å². The molecule has 62 valence electrons. The average Bonchev–Trinajstić information content (AvgIpc) is 2.90. The van der Waals surface area contributed by atoms with E-state index < -0.39 is 0 Å². The monoisotopic (exact) mass is 159 g/mol. The van der Waals surface area contributed by atoms with Crippen molar-refractivity contribution in [1.29, 1.82) is 0 Å². The molecule has 0 aliphatic heterocycles. The van der Waals surface area contributed by atoms with Crippen LogP contribution in [0.25, 0.3) is 6.08 Å². The van der Waals surface area contributed by atoms with E-state index in [0.717, 1.165) is 5.92 Å². The maximum absolute atomic E-state index is 4.05. The van der Waals surface area contributed by atoms with E-state index in [1.165, 1.54) is 24.8 Å². The Labute approximate surface area is 73.1 Å². The first-order chi connectivity index (χ1) is 5.95. The summed E-state index contributed by atoms with van der Waals surface area (Å²) in [6, 6.07) is 4.05. The van der Waals surface area contributed by atoms with Crippen molar-refractivity contribution in [2.24, 2.45) is 5.92 Å². The Morgan fingerprint density at radius 2 is 2.42 bits per heavy atom. The maximum Gasteiger partial charge on any atom is 0.0340 e. The van der Waals surface area contributed by atoms with E-state index in [0.29, 0.717) is 0 Å². The zero-order chi connectivity index (χ0) is 8.23. The van der Waals surface area contributed by atoms with Crippen molar-refractivity contribution in [2.75, 3.05) is 0 Å². The molecular weight excluding hydrogens is 146 g/mol. The van der Waals surface area contributed by atoms with E-state index in [4.69, 9.17) is 0 Å². The van der Waals surface area contributed by atoms with Crippen molar-refractivity contribution in [3.63, 3.8) is 0 Å². The summed E-state index contributed by atoms with van der Waals surface area (Å²) in [5.74, 6) is 0.984. The molecule has 0 unspecified atom stereocenters. The minimum Gasteiger partial charge on any atom is -0.264 e. The highest BCUT2D eigenvalue weighted by atomic mass is 14.6. The number of hydrogen-bond acceptors (Lipinski definition) is 1. The van der Waals surface area contributed by atoms with Crippen LogP contribution in [0.2, 0.25) is 0 Å². The fourth-order valence-corrected chi connectivity index (χ4v) is 1.22. The number of hydrogen-bond donors (Lipinski definition) is 0. The molecule has 12 heavy (non-hydrogen) atoms. The Morgan fingerprint density at radius 3 is 3.08 bits per heavy atom. The van der Waals surface area contributed by atoms with Gasteiger partial charge >= 0.3 is 0 Å². The molecule has 1 heteroatoms. The molecule has 0 spiro atoms. The van der Waals surface area contributed by atoms with E-state index >= 15 is 0 Å². The first-order valence-electron chi connectivity index (χ1n) is 4.52. The molecule has 0 aromatic carbocycles. The molecule has 0 amide bonds. The fraction of sp³-hybridized carbons (Fsp3) is 0.364. The molecule has 1 fully saturated rings. The molecule has 0 bridgehead atoms. The SMILES string of the molecule is C(=Cc1cccnc1)CC1CC1. The minimum atomic E-state index is 0.984. The van der Waals surface area contributed by atoms with Crippen LogP contribution < -0.4 is 0 Å². The van der Waals surface area contributed by atoms with Gasteiger partial charge in [-0.25, -0.2) is 0 Å². The summed E-state index contributed by atoms with van der Waals surface area (Å²) in [5.41, 5.74) is 1.21. The van der Waals surface area contributed by atoms with Gasteiger partial charge in [-0.2, -0.15) is 0 Å². The predicted octanol–water partition coefficient (Wildman–Crippen LogP) is 2.89. The van der Waals surface area contributed by atoms with Crippen LogP contribution in [0.3, 0.4) is 0 Å². The molecule has 1 nitrogen and oxygen atoms in total. The lowest BCUT2D eigenvalue weighted by molar-refractivity contribution is 0.866. The van der Waals surface area contributed by atoms with Crippen LogP contribution in [0.15, 0.2) is 30.6 Å². The van der Waals surface area contributed by atoms with Crippen LogP contribution in [-0.4, -0.2) is 4.98 Å². The highest BCUT2D eigenvalue weighted by Gasteiger charge is 2.18. The second kappa shape index (κ2) is 3.53. The smallest absolute Gasteiger partial charge is 0.0340 e. The normalized spacial score (nSPS) is 17.0. The highest BCUT2D eigenvalue weighted by Crippen LogP contribution is 2.32. The lowest BCUT2D eigenvalue weighted by atomic mass is 10.2. The Hall–Kier alpha value is -1.11. The molecular formula is C11H13N. The van der Waals surface area contributed by atoms with Gasteiger partial charge in [-0.05, 0) is 36.8 Å². The van der Waals surface area contributed by atoms with Gasteiger partial charge in [0, 0.05) is 12.4 Å². The Kier molecular flexibility index (Phi) is 2.21. The van der Waals surface area contributed by atoms with Crippen LogP contribution in [0.4, 0.5) is 0 Å². The largest absolute Gasteiger partial charge is 0.264 e. The third kappa shape index (κ3) is 2.19. The number of pyridine rings is 1. The summed E-state index contributed by atoms with van der Waals surface area (Å²) in [4.78, 5) is 4.05. The summed E-state index contributed by atoms with van der Waals surface area (Å²) >= 11 is 0. The topological polar surface area (TPSA) is 12.9 Å². The van der Waals surface area contributed by atoms with Gasteiger partial charge in [-0.3, -0.25) is 4.98 Å². The van der Waals surface area contributed by atoms with Gasteiger partial charge in [-0.15, -0.1) is 0 Å². The highest BCUT2D eigenvalue weighted by molar-refractivity contribution is 5.47. The van der Waals surface area contributed by atoms with Gasteiger partial charge in [0.1, 0.15) is 0 Å². The van der Waals surface area contributed by atoms with Gasteiger partial charge in [0.05, 0.1) is 0 Å². The lowest BCUT2D eigenvalue weighted by Gasteiger charge is -1.89. The average molecular weight is 159 g/mol. The van der Waals surface area contributed by atoms with Crippen molar-refractivity contribution in [3.05, 3.63) is 36.2 Å². The summed E-state index contributed by atoms with van der Waals surface area (Å²) in [6.45, 7) is 0.